The Kier molecular flexibility index (Phi) is 6.22. The zero-order chi connectivity index (χ0) is 27.5. The van der Waals surface area contributed by atoms with Gasteiger partial charge in [0.15, 0.2) is 5.84 Å². The number of benzene rings is 1. The van der Waals surface area contributed by atoms with Gasteiger partial charge in [-0.05, 0) is 83.4 Å². The van der Waals surface area contributed by atoms with Crippen molar-refractivity contribution >= 4 is 28.2 Å². The third-order valence-corrected chi connectivity index (χ3v) is 10.4. The maximum atomic E-state index is 13.1. The van der Waals surface area contributed by atoms with Crippen LogP contribution in [0.1, 0.15) is 92.7 Å². The van der Waals surface area contributed by atoms with Crippen LogP contribution in [0.15, 0.2) is 58.2 Å². The molecule has 7 rings (SSSR count). The fraction of sp³-hybridized carbons (Fsp3) is 0.469. The lowest BCUT2D eigenvalue weighted by Crippen LogP contribution is -2.36. The first-order valence-electron chi connectivity index (χ1n) is 14.5. The summed E-state index contributed by atoms with van der Waals surface area (Å²) < 4.78 is 17.7. The lowest BCUT2D eigenvalue weighted by Gasteiger charge is -2.37. The summed E-state index contributed by atoms with van der Waals surface area (Å²) in [6.45, 7) is 7.51. The number of aromatic nitrogens is 3. The Morgan fingerprint density at radius 3 is 2.70 bits per heavy atom. The molecule has 2 aromatic heterocycles. The van der Waals surface area contributed by atoms with Crippen LogP contribution in [0.4, 0.5) is 5.69 Å². The Labute approximate surface area is 238 Å². The van der Waals surface area contributed by atoms with E-state index in [1.54, 1.807) is 0 Å². The molecule has 2 aliphatic heterocycles. The van der Waals surface area contributed by atoms with Crippen molar-refractivity contribution in [3.05, 3.63) is 82.7 Å². The summed E-state index contributed by atoms with van der Waals surface area (Å²) in [5.74, 6) is 1.30. The van der Waals surface area contributed by atoms with E-state index in [1.807, 2.05) is 39.2 Å². The fourth-order valence-electron chi connectivity index (χ4n) is 6.87. The molecule has 0 saturated heterocycles. The molecule has 206 valence electrons. The van der Waals surface area contributed by atoms with Crippen molar-refractivity contribution < 1.29 is 4.21 Å². The molecule has 0 unspecified atom stereocenters. The SMILES string of the molecule is CC(C)(C)[S@@](=O)N=C1c2ccccc2CC12CCC(c1cnc3c(n1)CN=C3N1CCCc3ncccc31)CC2. The molecule has 0 bridgehead atoms. The maximum absolute atomic E-state index is 13.1. The first-order chi connectivity index (χ1) is 19.3. The Bertz CT molecular complexity index is 1560. The van der Waals surface area contributed by atoms with E-state index in [1.165, 1.54) is 11.1 Å². The summed E-state index contributed by atoms with van der Waals surface area (Å²) in [5, 5.41) is 0. The Morgan fingerprint density at radius 1 is 1.05 bits per heavy atom. The quantitative estimate of drug-likeness (QED) is 0.405. The molecule has 0 radical (unpaired) electrons. The molecule has 0 amide bonds. The van der Waals surface area contributed by atoms with Crippen molar-refractivity contribution in [3.8, 4) is 0 Å². The molecule has 1 saturated carbocycles. The van der Waals surface area contributed by atoms with E-state index in [4.69, 9.17) is 19.4 Å². The van der Waals surface area contributed by atoms with E-state index in [0.717, 1.165) is 91.5 Å². The van der Waals surface area contributed by atoms with Gasteiger partial charge in [0, 0.05) is 35.8 Å². The summed E-state index contributed by atoms with van der Waals surface area (Å²) in [6.07, 6.45) is 11.0. The van der Waals surface area contributed by atoms with Crippen LogP contribution >= 0.6 is 0 Å². The summed E-state index contributed by atoms with van der Waals surface area (Å²) in [7, 11) is -1.28. The number of aliphatic imine (C=N–C) groups is 1. The number of pyridine rings is 1. The highest BCUT2D eigenvalue weighted by Gasteiger charge is 2.46. The molecule has 1 atom stereocenters. The van der Waals surface area contributed by atoms with Crippen LogP contribution in [-0.4, -0.2) is 42.0 Å². The molecule has 1 fully saturated rings. The average Bonchev–Trinajstić information content (AvgIpc) is 3.51. The van der Waals surface area contributed by atoms with Gasteiger partial charge in [0.05, 0.1) is 39.8 Å². The number of nitrogens with zero attached hydrogens (tertiary/aromatic N) is 6. The van der Waals surface area contributed by atoms with Crippen molar-refractivity contribution in [3.63, 3.8) is 0 Å². The van der Waals surface area contributed by atoms with Crippen LogP contribution in [-0.2, 0) is 30.4 Å². The number of aryl methyl sites for hydroxylation is 1. The van der Waals surface area contributed by atoms with Crippen molar-refractivity contribution in [2.24, 2.45) is 14.8 Å². The van der Waals surface area contributed by atoms with Gasteiger partial charge >= 0.3 is 0 Å². The highest BCUT2D eigenvalue weighted by Crippen LogP contribution is 2.51. The van der Waals surface area contributed by atoms with Gasteiger partial charge in [-0.15, -0.1) is 0 Å². The molecule has 3 aromatic rings. The zero-order valence-electron chi connectivity index (χ0n) is 23.6. The molecule has 1 aromatic carbocycles. The maximum Gasteiger partial charge on any atom is 0.156 e. The van der Waals surface area contributed by atoms with Gasteiger partial charge in [-0.2, -0.15) is 4.40 Å². The van der Waals surface area contributed by atoms with Gasteiger partial charge in [-0.25, -0.2) is 9.19 Å². The highest BCUT2D eigenvalue weighted by atomic mass is 32.2. The molecule has 4 heterocycles. The van der Waals surface area contributed by atoms with Gasteiger partial charge in [-0.3, -0.25) is 15.0 Å². The van der Waals surface area contributed by atoms with Gasteiger partial charge in [-0.1, -0.05) is 24.3 Å². The topological polar surface area (TPSA) is 83.7 Å². The summed E-state index contributed by atoms with van der Waals surface area (Å²) >= 11 is 0. The monoisotopic (exact) mass is 552 g/mol. The molecular weight excluding hydrogens is 516 g/mol. The molecule has 2 aliphatic carbocycles. The third-order valence-electron chi connectivity index (χ3n) is 9.02. The second-order valence-electron chi connectivity index (χ2n) is 12.6. The molecule has 7 nitrogen and oxygen atoms in total. The van der Waals surface area contributed by atoms with Crippen molar-refractivity contribution in [2.75, 3.05) is 11.4 Å². The van der Waals surface area contributed by atoms with Crippen LogP contribution in [0.5, 0.6) is 0 Å². The first-order valence-corrected chi connectivity index (χ1v) is 15.6. The number of amidine groups is 1. The minimum absolute atomic E-state index is 0.0444. The van der Waals surface area contributed by atoms with E-state index in [0.29, 0.717) is 12.5 Å². The lowest BCUT2D eigenvalue weighted by molar-refractivity contribution is 0.264. The first kappa shape index (κ1) is 25.7. The number of rotatable bonds is 2. The second-order valence-corrected chi connectivity index (χ2v) is 14.5. The highest BCUT2D eigenvalue weighted by molar-refractivity contribution is 7.85. The normalized spacial score (nSPS) is 25.5. The van der Waals surface area contributed by atoms with E-state index in [2.05, 4.69) is 40.2 Å². The van der Waals surface area contributed by atoms with E-state index >= 15 is 0 Å². The molecule has 1 spiro atoms. The van der Waals surface area contributed by atoms with Crippen molar-refractivity contribution in [2.45, 2.75) is 82.9 Å². The minimum atomic E-state index is -1.28. The van der Waals surface area contributed by atoms with Crippen LogP contribution in [0.2, 0.25) is 0 Å². The predicted octanol–water partition coefficient (Wildman–Crippen LogP) is 5.74. The smallest absolute Gasteiger partial charge is 0.156 e. The van der Waals surface area contributed by atoms with Crippen molar-refractivity contribution in [1.82, 2.24) is 15.0 Å². The molecule has 0 N–H and O–H groups in total. The average molecular weight is 553 g/mol. The Morgan fingerprint density at radius 2 is 1.88 bits per heavy atom. The molecule has 4 aliphatic rings. The van der Waals surface area contributed by atoms with Gasteiger partial charge < -0.3 is 4.90 Å². The largest absolute Gasteiger partial charge is 0.323 e. The van der Waals surface area contributed by atoms with Crippen LogP contribution < -0.4 is 4.90 Å². The standard InChI is InChI=1S/C32H36N6OS/c1-31(2,3)40(39)37-29-23-9-5-4-8-22(23)18-32(29)14-12-21(13-15-32)25-19-34-28-26(36-25)20-35-30(28)38-17-7-10-24-27(38)11-6-16-33-24/h4-6,8-9,11,16,19,21H,7,10,12-15,17-18,20H2,1-3H3/t21?,32?,40-/m1/s1. The Hall–Kier alpha value is -3.26. The summed E-state index contributed by atoms with van der Waals surface area (Å²) in [4.78, 5) is 21.8. The van der Waals surface area contributed by atoms with Crippen LogP contribution in [0.25, 0.3) is 0 Å². The summed E-state index contributed by atoms with van der Waals surface area (Å²) in [5.41, 5.74) is 8.80. The van der Waals surface area contributed by atoms with Gasteiger partial charge in [0.2, 0.25) is 0 Å². The van der Waals surface area contributed by atoms with Crippen molar-refractivity contribution in [1.29, 1.82) is 0 Å². The second kappa shape index (κ2) is 9.68. The van der Waals surface area contributed by atoms with Crippen LogP contribution in [0, 0.1) is 5.41 Å². The third kappa shape index (κ3) is 4.31. The molecular formula is C32H36N6OS. The minimum Gasteiger partial charge on any atom is -0.323 e. The number of anilines is 1. The van der Waals surface area contributed by atoms with E-state index in [-0.39, 0.29) is 10.2 Å². The number of fused-ring (bicyclic) bond motifs is 3. The number of hydrogen-bond acceptors (Lipinski definition) is 6. The van der Waals surface area contributed by atoms with Crippen LogP contribution in [0.3, 0.4) is 0 Å². The van der Waals surface area contributed by atoms with Gasteiger partial charge in [0.25, 0.3) is 0 Å². The lowest BCUT2D eigenvalue weighted by atomic mass is 9.67. The van der Waals surface area contributed by atoms with Gasteiger partial charge in [0.1, 0.15) is 16.7 Å². The molecule has 8 heteroatoms. The van der Waals surface area contributed by atoms with E-state index in [9.17, 15) is 4.21 Å². The zero-order valence-corrected chi connectivity index (χ0v) is 24.4. The fourth-order valence-corrected chi connectivity index (χ4v) is 7.60. The number of hydrogen-bond donors (Lipinski definition) is 0. The molecule has 40 heavy (non-hydrogen) atoms. The predicted molar refractivity (Wildman–Crippen MR) is 160 cm³/mol. The van der Waals surface area contributed by atoms with E-state index < -0.39 is 11.0 Å². The Balaban J connectivity index is 1.12. The summed E-state index contributed by atoms with van der Waals surface area (Å²) in [6, 6.07) is 12.7.